The van der Waals surface area contributed by atoms with Crippen molar-refractivity contribution in [2.75, 3.05) is 27.8 Å². The fraction of sp³-hybridized carbons (Fsp3) is 0.500. The van der Waals surface area contributed by atoms with Gasteiger partial charge in [0.25, 0.3) is 0 Å². The molecule has 0 radical (unpaired) electrons. The van der Waals surface area contributed by atoms with Gasteiger partial charge < -0.3 is 20.1 Å². The van der Waals surface area contributed by atoms with Gasteiger partial charge in [0.1, 0.15) is 0 Å². The van der Waals surface area contributed by atoms with E-state index < -0.39 is 0 Å². The Morgan fingerprint density at radius 2 is 1.84 bits per heavy atom. The van der Waals surface area contributed by atoms with Crippen LogP contribution in [-0.4, -0.2) is 33.7 Å². The average Bonchev–Trinajstić information content (AvgIpc) is 2.38. The molecule has 0 aliphatic rings. The molecule has 2 N–H and O–H groups in total. The quantitative estimate of drug-likeness (QED) is 0.817. The summed E-state index contributed by atoms with van der Waals surface area (Å²) in [6.45, 7) is 4.23. The van der Waals surface area contributed by atoms with E-state index >= 15 is 0 Å². The molecule has 1 atom stereocenters. The maximum absolute atomic E-state index is 11.6. The highest BCUT2D eigenvalue weighted by atomic mass is 16.5. The number of methoxy groups -OCH3 is 2. The van der Waals surface area contributed by atoms with E-state index in [-0.39, 0.29) is 11.9 Å². The van der Waals surface area contributed by atoms with Gasteiger partial charge in [0.2, 0.25) is 5.91 Å². The van der Waals surface area contributed by atoms with Crippen molar-refractivity contribution in [3.63, 3.8) is 0 Å². The normalized spacial score (nSPS) is 11.8. The molecule has 1 aromatic rings. The lowest BCUT2D eigenvalue weighted by molar-refractivity contribution is -0.120. The first-order chi connectivity index (χ1) is 9.03. The van der Waals surface area contributed by atoms with Gasteiger partial charge in [0.15, 0.2) is 11.5 Å². The average molecular weight is 266 g/mol. The molecule has 0 spiro atoms. The lowest BCUT2D eigenvalue weighted by Gasteiger charge is -2.19. The fourth-order valence-electron chi connectivity index (χ4n) is 1.99. The third kappa shape index (κ3) is 3.86. The van der Waals surface area contributed by atoms with Crippen LogP contribution in [0.2, 0.25) is 0 Å². The highest BCUT2D eigenvalue weighted by Crippen LogP contribution is 2.32. The SMILES string of the molecule is CNCC(=O)NC(C)c1cc(OC)c(OC)cc1C. The monoisotopic (exact) mass is 266 g/mol. The molecule has 0 aliphatic heterocycles. The van der Waals surface area contributed by atoms with E-state index in [1.807, 2.05) is 26.0 Å². The summed E-state index contributed by atoms with van der Waals surface area (Å²) in [5.74, 6) is 1.32. The zero-order chi connectivity index (χ0) is 14.4. The second-order valence-corrected chi connectivity index (χ2v) is 4.38. The van der Waals surface area contributed by atoms with E-state index in [0.717, 1.165) is 11.1 Å². The van der Waals surface area contributed by atoms with Crippen LogP contribution in [0.5, 0.6) is 11.5 Å². The van der Waals surface area contributed by atoms with Crippen molar-refractivity contribution in [3.8, 4) is 11.5 Å². The van der Waals surface area contributed by atoms with Crippen molar-refractivity contribution in [1.29, 1.82) is 0 Å². The highest BCUT2D eigenvalue weighted by Gasteiger charge is 2.15. The summed E-state index contributed by atoms with van der Waals surface area (Å²) >= 11 is 0. The standard InChI is InChI=1S/C14H22N2O3/c1-9-6-12(18-4)13(19-5)7-11(9)10(2)16-14(17)8-15-3/h6-7,10,15H,8H2,1-5H3,(H,16,17). The van der Waals surface area contributed by atoms with Crippen molar-refractivity contribution in [3.05, 3.63) is 23.3 Å². The Morgan fingerprint density at radius 1 is 1.26 bits per heavy atom. The minimum absolute atomic E-state index is 0.0378. The molecular weight excluding hydrogens is 244 g/mol. The van der Waals surface area contributed by atoms with Crippen LogP contribution in [-0.2, 0) is 4.79 Å². The van der Waals surface area contributed by atoms with E-state index in [2.05, 4.69) is 10.6 Å². The third-order valence-corrected chi connectivity index (χ3v) is 2.95. The smallest absolute Gasteiger partial charge is 0.234 e. The maximum atomic E-state index is 11.6. The molecule has 5 nitrogen and oxygen atoms in total. The minimum Gasteiger partial charge on any atom is -0.493 e. The van der Waals surface area contributed by atoms with Gasteiger partial charge in [-0.25, -0.2) is 0 Å². The number of carbonyl (C=O) groups is 1. The summed E-state index contributed by atoms with van der Waals surface area (Å²) in [5.41, 5.74) is 2.07. The molecule has 0 saturated heterocycles. The number of carbonyl (C=O) groups excluding carboxylic acids is 1. The van der Waals surface area contributed by atoms with Gasteiger partial charge in [-0.05, 0) is 44.2 Å². The number of likely N-dealkylation sites (N-methyl/N-ethyl adjacent to an activating group) is 1. The molecule has 106 valence electrons. The van der Waals surface area contributed by atoms with E-state index in [9.17, 15) is 4.79 Å². The van der Waals surface area contributed by atoms with Crippen LogP contribution in [0.15, 0.2) is 12.1 Å². The lowest BCUT2D eigenvalue weighted by atomic mass is 10.0. The first kappa shape index (κ1) is 15.3. The van der Waals surface area contributed by atoms with Crippen LogP contribution < -0.4 is 20.1 Å². The molecule has 1 amide bonds. The molecule has 1 aromatic carbocycles. The predicted octanol–water partition coefficient (Wildman–Crippen LogP) is 1.41. The Labute approximate surface area is 114 Å². The number of ether oxygens (including phenoxy) is 2. The predicted molar refractivity (Wildman–Crippen MR) is 74.8 cm³/mol. The molecule has 0 heterocycles. The molecule has 0 aromatic heterocycles. The zero-order valence-electron chi connectivity index (χ0n) is 12.2. The van der Waals surface area contributed by atoms with E-state index in [1.165, 1.54) is 0 Å². The van der Waals surface area contributed by atoms with Crippen molar-refractivity contribution in [2.24, 2.45) is 0 Å². The number of amides is 1. The van der Waals surface area contributed by atoms with Gasteiger partial charge in [-0.1, -0.05) is 0 Å². The van der Waals surface area contributed by atoms with Crippen LogP contribution >= 0.6 is 0 Å². The van der Waals surface area contributed by atoms with Gasteiger partial charge in [-0.2, -0.15) is 0 Å². The van der Waals surface area contributed by atoms with Crippen LogP contribution in [0.3, 0.4) is 0 Å². The topological polar surface area (TPSA) is 59.6 Å². The van der Waals surface area contributed by atoms with Crippen molar-refractivity contribution in [1.82, 2.24) is 10.6 Å². The molecule has 0 aliphatic carbocycles. The van der Waals surface area contributed by atoms with Crippen molar-refractivity contribution < 1.29 is 14.3 Å². The van der Waals surface area contributed by atoms with Crippen LogP contribution in [0.4, 0.5) is 0 Å². The van der Waals surface area contributed by atoms with Crippen LogP contribution in [0.25, 0.3) is 0 Å². The number of hydrogen-bond donors (Lipinski definition) is 2. The number of aryl methyl sites for hydroxylation is 1. The van der Waals surface area contributed by atoms with Crippen molar-refractivity contribution in [2.45, 2.75) is 19.9 Å². The molecule has 5 heteroatoms. The molecule has 1 rings (SSSR count). The van der Waals surface area contributed by atoms with E-state index in [0.29, 0.717) is 18.0 Å². The number of rotatable bonds is 6. The van der Waals surface area contributed by atoms with E-state index in [4.69, 9.17) is 9.47 Å². The van der Waals surface area contributed by atoms with Crippen molar-refractivity contribution >= 4 is 5.91 Å². The second-order valence-electron chi connectivity index (χ2n) is 4.38. The zero-order valence-corrected chi connectivity index (χ0v) is 12.2. The lowest BCUT2D eigenvalue weighted by Crippen LogP contribution is -2.34. The van der Waals surface area contributed by atoms with Gasteiger partial charge in [-0.3, -0.25) is 4.79 Å². The van der Waals surface area contributed by atoms with Crippen LogP contribution in [0.1, 0.15) is 24.1 Å². The number of nitrogens with one attached hydrogen (secondary N) is 2. The second kappa shape index (κ2) is 6.99. The number of benzene rings is 1. The Bertz CT molecular complexity index is 447. The fourth-order valence-corrected chi connectivity index (χ4v) is 1.99. The number of hydrogen-bond acceptors (Lipinski definition) is 4. The summed E-state index contributed by atoms with van der Waals surface area (Å²) in [6, 6.07) is 3.73. The summed E-state index contributed by atoms with van der Waals surface area (Å²) in [4.78, 5) is 11.6. The summed E-state index contributed by atoms with van der Waals surface area (Å²) in [7, 11) is 4.95. The Hall–Kier alpha value is -1.75. The molecule has 0 bridgehead atoms. The molecule has 19 heavy (non-hydrogen) atoms. The van der Waals surface area contributed by atoms with E-state index in [1.54, 1.807) is 21.3 Å². The molecule has 1 unspecified atom stereocenters. The van der Waals surface area contributed by atoms with Gasteiger partial charge in [-0.15, -0.1) is 0 Å². The maximum Gasteiger partial charge on any atom is 0.234 e. The highest BCUT2D eigenvalue weighted by molar-refractivity contribution is 5.78. The Morgan fingerprint density at radius 3 is 2.37 bits per heavy atom. The van der Waals surface area contributed by atoms with Gasteiger partial charge in [0.05, 0.1) is 26.8 Å². The summed E-state index contributed by atoms with van der Waals surface area (Å²) in [6.07, 6.45) is 0. The third-order valence-electron chi connectivity index (χ3n) is 2.95. The van der Waals surface area contributed by atoms with Crippen LogP contribution in [0, 0.1) is 6.92 Å². The molecule has 0 saturated carbocycles. The Balaban J connectivity index is 2.96. The molecule has 0 fully saturated rings. The first-order valence-corrected chi connectivity index (χ1v) is 6.20. The first-order valence-electron chi connectivity index (χ1n) is 6.20. The molecular formula is C14H22N2O3. The summed E-state index contributed by atoms with van der Waals surface area (Å²) in [5, 5.41) is 5.75. The Kier molecular flexibility index (Phi) is 5.63. The van der Waals surface area contributed by atoms with Gasteiger partial charge in [0, 0.05) is 0 Å². The largest absolute Gasteiger partial charge is 0.493 e. The van der Waals surface area contributed by atoms with Gasteiger partial charge >= 0.3 is 0 Å². The minimum atomic E-state index is -0.0827. The summed E-state index contributed by atoms with van der Waals surface area (Å²) < 4.78 is 10.5.